The van der Waals surface area contributed by atoms with Crippen molar-refractivity contribution in [3.05, 3.63) is 34.6 Å². The smallest absolute Gasteiger partial charge is 0.262 e. The second-order valence-electron chi connectivity index (χ2n) is 6.91. The van der Waals surface area contributed by atoms with Gasteiger partial charge in [0.25, 0.3) is 5.56 Å². The van der Waals surface area contributed by atoms with Crippen LogP contribution < -0.4 is 5.56 Å². The third-order valence-electron chi connectivity index (χ3n) is 5.10. The fourth-order valence-electron chi connectivity index (χ4n) is 3.80. The number of rotatable bonds is 5. The standard InChI is InChI=1S/C19H24N4OS/c1-2-12-22-17(24)15-10-6-7-11-16(15)23-18(22)20-21-19(23)25-13-14-8-4-3-5-9-14/h6-7,10-11,14H,2-5,8-9,12-13H2,1H3. The molecule has 1 fully saturated rings. The van der Waals surface area contributed by atoms with Gasteiger partial charge in [-0.3, -0.25) is 13.8 Å². The van der Waals surface area contributed by atoms with Crippen molar-refractivity contribution in [1.82, 2.24) is 19.2 Å². The summed E-state index contributed by atoms with van der Waals surface area (Å²) < 4.78 is 3.83. The molecular weight excluding hydrogens is 332 g/mol. The summed E-state index contributed by atoms with van der Waals surface area (Å²) >= 11 is 1.78. The molecule has 2 aromatic heterocycles. The first-order chi connectivity index (χ1) is 12.3. The summed E-state index contributed by atoms with van der Waals surface area (Å²) in [6, 6.07) is 7.79. The molecule has 1 aromatic carbocycles. The Bertz CT molecular complexity index is 940. The van der Waals surface area contributed by atoms with Crippen LogP contribution in [0.2, 0.25) is 0 Å². The van der Waals surface area contributed by atoms with Crippen LogP contribution in [0, 0.1) is 5.92 Å². The highest BCUT2D eigenvalue weighted by Crippen LogP contribution is 2.30. The topological polar surface area (TPSA) is 52.2 Å². The first kappa shape index (κ1) is 16.6. The van der Waals surface area contributed by atoms with E-state index in [1.54, 1.807) is 16.3 Å². The maximum Gasteiger partial charge on any atom is 0.262 e. The van der Waals surface area contributed by atoms with E-state index in [4.69, 9.17) is 0 Å². The van der Waals surface area contributed by atoms with Crippen LogP contribution in [0.3, 0.4) is 0 Å². The molecule has 25 heavy (non-hydrogen) atoms. The molecule has 5 nitrogen and oxygen atoms in total. The lowest BCUT2D eigenvalue weighted by Gasteiger charge is -2.20. The monoisotopic (exact) mass is 356 g/mol. The second-order valence-corrected chi connectivity index (χ2v) is 7.89. The number of aryl methyl sites for hydroxylation is 1. The molecule has 4 rings (SSSR count). The first-order valence-electron chi connectivity index (χ1n) is 9.29. The lowest BCUT2D eigenvalue weighted by Crippen LogP contribution is -2.23. The summed E-state index contributed by atoms with van der Waals surface area (Å²) in [5.41, 5.74) is 0.937. The van der Waals surface area contributed by atoms with E-state index in [9.17, 15) is 4.79 Å². The molecule has 0 radical (unpaired) electrons. The molecular formula is C19H24N4OS. The number of thioether (sulfide) groups is 1. The third kappa shape index (κ3) is 3.08. The van der Waals surface area contributed by atoms with E-state index < -0.39 is 0 Å². The molecule has 1 saturated carbocycles. The Hall–Kier alpha value is -1.82. The molecule has 0 atom stereocenters. The van der Waals surface area contributed by atoms with Gasteiger partial charge < -0.3 is 0 Å². The minimum absolute atomic E-state index is 0.0289. The van der Waals surface area contributed by atoms with Gasteiger partial charge in [0, 0.05) is 12.3 Å². The molecule has 0 spiro atoms. The fourth-order valence-corrected chi connectivity index (χ4v) is 4.92. The summed E-state index contributed by atoms with van der Waals surface area (Å²) in [4.78, 5) is 12.8. The van der Waals surface area contributed by atoms with E-state index in [1.807, 2.05) is 24.3 Å². The number of aromatic nitrogens is 4. The van der Waals surface area contributed by atoms with Crippen LogP contribution in [0.4, 0.5) is 0 Å². The normalized spacial score (nSPS) is 16.0. The van der Waals surface area contributed by atoms with Crippen molar-refractivity contribution in [2.75, 3.05) is 5.75 Å². The number of hydrogen-bond acceptors (Lipinski definition) is 4. The summed E-state index contributed by atoms with van der Waals surface area (Å²) in [5.74, 6) is 2.53. The Balaban J connectivity index is 1.79. The summed E-state index contributed by atoms with van der Waals surface area (Å²) in [6.45, 7) is 2.74. The van der Waals surface area contributed by atoms with Crippen LogP contribution >= 0.6 is 11.8 Å². The largest absolute Gasteiger partial charge is 0.276 e. The van der Waals surface area contributed by atoms with Crippen LogP contribution in [0.25, 0.3) is 16.7 Å². The van der Waals surface area contributed by atoms with Gasteiger partial charge in [0.05, 0.1) is 10.9 Å². The van der Waals surface area contributed by atoms with Gasteiger partial charge in [-0.2, -0.15) is 0 Å². The molecule has 3 aromatic rings. The minimum Gasteiger partial charge on any atom is -0.276 e. The Morgan fingerprint density at radius 2 is 1.96 bits per heavy atom. The molecule has 1 aliphatic rings. The van der Waals surface area contributed by atoms with E-state index in [0.717, 1.165) is 34.2 Å². The predicted molar refractivity (Wildman–Crippen MR) is 102 cm³/mol. The van der Waals surface area contributed by atoms with Crippen molar-refractivity contribution in [1.29, 1.82) is 0 Å². The number of hydrogen-bond donors (Lipinski definition) is 0. The third-order valence-corrected chi connectivity index (χ3v) is 6.26. The molecule has 1 aliphatic carbocycles. The molecule has 0 bridgehead atoms. The van der Waals surface area contributed by atoms with E-state index in [2.05, 4.69) is 21.5 Å². The van der Waals surface area contributed by atoms with Gasteiger partial charge in [0.2, 0.25) is 5.78 Å². The minimum atomic E-state index is 0.0289. The van der Waals surface area contributed by atoms with E-state index in [0.29, 0.717) is 12.3 Å². The van der Waals surface area contributed by atoms with Gasteiger partial charge in [0.1, 0.15) is 0 Å². The highest BCUT2D eigenvalue weighted by atomic mass is 32.2. The molecule has 6 heteroatoms. The maximum absolute atomic E-state index is 12.8. The van der Waals surface area contributed by atoms with Crippen LogP contribution in [0.5, 0.6) is 0 Å². The Morgan fingerprint density at radius 1 is 1.16 bits per heavy atom. The number of benzene rings is 1. The van der Waals surface area contributed by atoms with Crippen LogP contribution in [-0.4, -0.2) is 24.9 Å². The van der Waals surface area contributed by atoms with Crippen molar-refractivity contribution in [2.45, 2.75) is 57.1 Å². The van der Waals surface area contributed by atoms with Crippen molar-refractivity contribution in [3.8, 4) is 0 Å². The molecule has 0 amide bonds. The maximum atomic E-state index is 12.8. The number of para-hydroxylation sites is 1. The van der Waals surface area contributed by atoms with Gasteiger partial charge >= 0.3 is 0 Å². The van der Waals surface area contributed by atoms with Crippen molar-refractivity contribution < 1.29 is 0 Å². The Kier molecular flexibility index (Phi) is 4.79. The zero-order chi connectivity index (χ0) is 17.2. The van der Waals surface area contributed by atoms with Crippen LogP contribution in [0.15, 0.2) is 34.2 Å². The van der Waals surface area contributed by atoms with E-state index in [1.165, 1.54) is 32.1 Å². The molecule has 2 heterocycles. The van der Waals surface area contributed by atoms with Gasteiger partial charge in [-0.1, -0.05) is 50.1 Å². The van der Waals surface area contributed by atoms with Crippen molar-refractivity contribution in [2.24, 2.45) is 5.92 Å². The van der Waals surface area contributed by atoms with Gasteiger partial charge in [-0.15, -0.1) is 10.2 Å². The summed E-state index contributed by atoms with van der Waals surface area (Å²) in [7, 11) is 0. The highest BCUT2D eigenvalue weighted by molar-refractivity contribution is 7.99. The van der Waals surface area contributed by atoms with Crippen molar-refractivity contribution >= 4 is 28.4 Å². The number of nitrogens with zero attached hydrogens (tertiary/aromatic N) is 4. The predicted octanol–water partition coefficient (Wildman–Crippen LogP) is 4.13. The summed E-state index contributed by atoms with van der Waals surface area (Å²) in [5, 5.41) is 10.4. The average Bonchev–Trinajstić information content (AvgIpc) is 3.08. The van der Waals surface area contributed by atoms with E-state index in [-0.39, 0.29) is 5.56 Å². The Morgan fingerprint density at radius 3 is 2.76 bits per heavy atom. The molecule has 0 unspecified atom stereocenters. The number of fused-ring (bicyclic) bond motifs is 3. The fraction of sp³-hybridized carbons (Fsp3) is 0.526. The van der Waals surface area contributed by atoms with E-state index >= 15 is 0 Å². The lowest BCUT2D eigenvalue weighted by molar-refractivity contribution is 0.390. The summed E-state index contributed by atoms with van der Waals surface area (Å²) in [6.07, 6.45) is 7.62. The molecule has 0 N–H and O–H groups in total. The molecule has 132 valence electrons. The quantitative estimate of drug-likeness (QED) is 0.645. The Labute approximate surface area is 151 Å². The molecule has 0 aliphatic heterocycles. The zero-order valence-corrected chi connectivity index (χ0v) is 15.5. The van der Waals surface area contributed by atoms with Gasteiger partial charge in [0.15, 0.2) is 5.16 Å². The van der Waals surface area contributed by atoms with Crippen molar-refractivity contribution in [3.63, 3.8) is 0 Å². The lowest BCUT2D eigenvalue weighted by atomic mass is 9.91. The highest BCUT2D eigenvalue weighted by Gasteiger charge is 2.19. The van der Waals surface area contributed by atoms with Gasteiger partial charge in [-0.05, 0) is 37.3 Å². The molecule has 0 saturated heterocycles. The second kappa shape index (κ2) is 7.20. The SMILES string of the molecule is CCCn1c(=O)c2ccccc2n2c(SCC3CCCCC3)nnc12. The van der Waals surface area contributed by atoms with Crippen LogP contribution in [0.1, 0.15) is 45.4 Å². The van der Waals surface area contributed by atoms with Gasteiger partial charge in [-0.25, -0.2) is 0 Å². The average molecular weight is 356 g/mol. The zero-order valence-electron chi connectivity index (χ0n) is 14.6. The van der Waals surface area contributed by atoms with Crippen LogP contribution in [-0.2, 0) is 6.54 Å². The first-order valence-corrected chi connectivity index (χ1v) is 10.3.